The molecule has 0 fully saturated rings. The highest BCUT2D eigenvalue weighted by atomic mass is 35.5. The minimum Gasteiger partial charge on any atom is -0.490 e. The first-order valence-corrected chi connectivity index (χ1v) is 5.56. The van der Waals surface area contributed by atoms with Crippen molar-refractivity contribution in [1.29, 1.82) is 0 Å². The summed E-state index contributed by atoms with van der Waals surface area (Å²) in [7, 11) is 0. The molecule has 1 aromatic carbocycles. The summed E-state index contributed by atoms with van der Waals surface area (Å²) in [6.45, 7) is 5.76. The van der Waals surface area contributed by atoms with Gasteiger partial charge in [0.05, 0.1) is 12.2 Å². The Morgan fingerprint density at radius 2 is 2.07 bits per heavy atom. The van der Waals surface area contributed by atoms with Crippen LogP contribution >= 0.6 is 11.6 Å². The van der Waals surface area contributed by atoms with Crippen LogP contribution in [0.4, 0.5) is 0 Å². The summed E-state index contributed by atoms with van der Waals surface area (Å²) in [5.41, 5.74) is 0.739. The number of hydrogen-bond donors (Lipinski definition) is 1. The van der Waals surface area contributed by atoms with Crippen molar-refractivity contribution in [2.75, 3.05) is 0 Å². The first-order valence-electron chi connectivity index (χ1n) is 5.18. The Labute approximate surface area is 95.8 Å². The standard InChI is InChI=1S/C12H17ClO2/c1-4-8(2)15-12-6-5-10(13)7-11(12)9(3)14/h5-9,14H,4H2,1-3H3. The molecule has 0 heterocycles. The Bertz CT molecular complexity index is 323. The van der Waals surface area contributed by atoms with E-state index in [1.807, 2.05) is 6.92 Å². The maximum absolute atomic E-state index is 9.58. The summed E-state index contributed by atoms with van der Waals surface area (Å²) in [6, 6.07) is 5.31. The van der Waals surface area contributed by atoms with Gasteiger partial charge in [-0.05, 0) is 38.5 Å². The maximum atomic E-state index is 9.58. The number of rotatable bonds is 4. The minimum atomic E-state index is -0.567. The molecule has 2 atom stereocenters. The van der Waals surface area contributed by atoms with Gasteiger partial charge in [-0.2, -0.15) is 0 Å². The second-order valence-corrected chi connectivity index (χ2v) is 4.13. The molecule has 15 heavy (non-hydrogen) atoms. The lowest BCUT2D eigenvalue weighted by Crippen LogP contribution is -2.11. The molecule has 2 nitrogen and oxygen atoms in total. The fraction of sp³-hybridized carbons (Fsp3) is 0.500. The molecule has 0 aromatic heterocycles. The van der Waals surface area contributed by atoms with Crippen molar-refractivity contribution in [2.24, 2.45) is 0 Å². The SMILES string of the molecule is CCC(C)Oc1ccc(Cl)cc1C(C)O. The lowest BCUT2D eigenvalue weighted by Gasteiger charge is -2.17. The first-order chi connectivity index (χ1) is 7.04. The summed E-state index contributed by atoms with van der Waals surface area (Å²) in [5.74, 6) is 0.712. The Kier molecular flexibility index (Phi) is 4.43. The molecule has 0 spiro atoms. The van der Waals surface area contributed by atoms with Crippen LogP contribution in [0.3, 0.4) is 0 Å². The fourth-order valence-corrected chi connectivity index (χ4v) is 1.43. The van der Waals surface area contributed by atoms with E-state index in [1.165, 1.54) is 0 Å². The quantitative estimate of drug-likeness (QED) is 0.854. The van der Waals surface area contributed by atoms with Gasteiger partial charge in [0.15, 0.2) is 0 Å². The van der Waals surface area contributed by atoms with Crippen LogP contribution in [0.5, 0.6) is 5.75 Å². The number of aliphatic hydroxyl groups excluding tert-OH is 1. The first kappa shape index (κ1) is 12.3. The maximum Gasteiger partial charge on any atom is 0.125 e. The van der Waals surface area contributed by atoms with Gasteiger partial charge in [0.25, 0.3) is 0 Å². The molecular weight excluding hydrogens is 212 g/mol. The smallest absolute Gasteiger partial charge is 0.125 e. The van der Waals surface area contributed by atoms with Crippen molar-refractivity contribution in [3.8, 4) is 5.75 Å². The molecule has 0 amide bonds. The van der Waals surface area contributed by atoms with Crippen molar-refractivity contribution in [1.82, 2.24) is 0 Å². The predicted molar refractivity (Wildman–Crippen MR) is 62.5 cm³/mol. The van der Waals surface area contributed by atoms with Gasteiger partial charge >= 0.3 is 0 Å². The molecule has 2 unspecified atom stereocenters. The molecular formula is C12H17ClO2. The largest absolute Gasteiger partial charge is 0.490 e. The summed E-state index contributed by atoms with van der Waals surface area (Å²) >= 11 is 5.86. The molecule has 84 valence electrons. The molecule has 1 aromatic rings. The van der Waals surface area contributed by atoms with Gasteiger partial charge in [-0.25, -0.2) is 0 Å². The van der Waals surface area contributed by atoms with Crippen molar-refractivity contribution >= 4 is 11.6 Å². The van der Waals surface area contributed by atoms with E-state index in [0.717, 1.165) is 12.0 Å². The van der Waals surface area contributed by atoms with Crippen LogP contribution in [0.25, 0.3) is 0 Å². The third-order valence-electron chi connectivity index (χ3n) is 2.32. The van der Waals surface area contributed by atoms with Crippen LogP contribution in [0.2, 0.25) is 5.02 Å². The monoisotopic (exact) mass is 228 g/mol. The summed E-state index contributed by atoms with van der Waals surface area (Å²) < 4.78 is 5.69. The average molecular weight is 229 g/mol. The molecule has 1 rings (SSSR count). The van der Waals surface area contributed by atoms with Gasteiger partial charge < -0.3 is 9.84 Å². The highest BCUT2D eigenvalue weighted by molar-refractivity contribution is 6.30. The van der Waals surface area contributed by atoms with E-state index in [-0.39, 0.29) is 6.10 Å². The van der Waals surface area contributed by atoms with Gasteiger partial charge in [0, 0.05) is 10.6 Å². The molecule has 0 aliphatic heterocycles. The third-order valence-corrected chi connectivity index (χ3v) is 2.56. The van der Waals surface area contributed by atoms with Crippen LogP contribution in [0.15, 0.2) is 18.2 Å². The Balaban J connectivity index is 2.95. The van der Waals surface area contributed by atoms with Crippen LogP contribution in [0, 0.1) is 0 Å². The minimum absolute atomic E-state index is 0.142. The second-order valence-electron chi connectivity index (χ2n) is 3.69. The van der Waals surface area contributed by atoms with E-state index < -0.39 is 6.10 Å². The number of benzene rings is 1. The third kappa shape index (κ3) is 3.40. The Morgan fingerprint density at radius 1 is 1.40 bits per heavy atom. The summed E-state index contributed by atoms with van der Waals surface area (Å²) in [4.78, 5) is 0. The van der Waals surface area contributed by atoms with Gasteiger partial charge in [-0.3, -0.25) is 0 Å². The zero-order valence-electron chi connectivity index (χ0n) is 9.33. The number of hydrogen-bond acceptors (Lipinski definition) is 2. The van der Waals surface area contributed by atoms with Crippen LogP contribution in [-0.2, 0) is 0 Å². The second kappa shape index (κ2) is 5.38. The molecule has 0 aliphatic carbocycles. The molecule has 1 N–H and O–H groups in total. The Hall–Kier alpha value is -0.730. The molecule has 0 bridgehead atoms. The van der Waals surface area contributed by atoms with E-state index in [9.17, 15) is 5.11 Å². The molecule has 0 aliphatic rings. The Morgan fingerprint density at radius 3 is 2.60 bits per heavy atom. The zero-order chi connectivity index (χ0) is 11.4. The van der Waals surface area contributed by atoms with Crippen molar-refractivity contribution in [2.45, 2.75) is 39.4 Å². The lowest BCUT2D eigenvalue weighted by atomic mass is 10.1. The predicted octanol–water partition coefficient (Wildman–Crippen LogP) is 3.57. The van der Waals surface area contributed by atoms with Gasteiger partial charge in [-0.15, -0.1) is 0 Å². The van der Waals surface area contributed by atoms with E-state index in [0.29, 0.717) is 10.8 Å². The molecule has 0 saturated heterocycles. The number of aliphatic hydroxyl groups is 1. The van der Waals surface area contributed by atoms with Crippen molar-refractivity contribution in [3.05, 3.63) is 28.8 Å². The van der Waals surface area contributed by atoms with Crippen LogP contribution in [-0.4, -0.2) is 11.2 Å². The number of ether oxygens (including phenoxy) is 1. The highest BCUT2D eigenvalue weighted by Gasteiger charge is 2.11. The van der Waals surface area contributed by atoms with Gasteiger partial charge in [0.2, 0.25) is 0 Å². The summed E-state index contributed by atoms with van der Waals surface area (Å²) in [5, 5.41) is 10.2. The molecule has 3 heteroatoms. The van der Waals surface area contributed by atoms with E-state index in [1.54, 1.807) is 25.1 Å². The topological polar surface area (TPSA) is 29.5 Å². The van der Waals surface area contributed by atoms with E-state index in [2.05, 4.69) is 6.92 Å². The highest BCUT2D eigenvalue weighted by Crippen LogP contribution is 2.29. The van der Waals surface area contributed by atoms with E-state index >= 15 is 0 Å². The number of halogens is 1. The van der Waals surface area contributed by atoms with Gasteiger partial charge in [-0.1, -0.05) is 18.5 Å². The summed E-state index contributed by atoms with van der Waals surface area (Å²) in [6.07, 6.45) is 0.508. The van der Waals surface area contributed by atoms with Gasteiger partial charge in [0.1, 0.15) is 5.75 Å². The molecule has 0 radical (unpaired) electrons. The molecule has 0 saturated carbocycles. The van der Waals surface area contributed by atoms with E-state index in [4.69, 9.17) is 16.3 Å². The van der Waals surface area contributed by atoms with Crippen molar-refractivity contribution in [3.63, 3.8) is 0 Å². The fourth-order valence-electron chi connectivity index (χ4n) is 1.25. The van der Waals surface area contributed by atoms with Crippen LogP contribution in [0.1, 0.15) is 38.9 Å². The van der Waals surface area contributed by atoms with Crippen molar-refractivity contribution < 1.29 is 9.84 Å². The lowest BCUT2D eigenvalue weighted by molar-refractivity contribution is 0.176. The normalized spacial score (nSPS) is 14.7. The zero-order valence-corrected chi connectivity index (χ0v) is 10.1. The average Bonchev–Trinajstić information content (AvgIpc) is 2.20. The van der Waals surface area contributed by atoms with Crippen LogP contribution < -0.4 is 4.74 Å².